The number of piperidine rings is 1. The number of carbonyl (C=O) groups is 1. The number of anilines is 1. The van der Waals surface area contributed by atoms with Crippen LogP contribution in [0.15, 0.2) is 57.9 Å². The average molecular weight is 557 g/mol. The minimum absolute atomic E-state index is 0.00917. The Kier molecular flexibility index (Phi) is 7.81. The van der Waals surface area contributed by atoms with Crippen molar-refractivity contribution in [3.05, 3.63) is 77.2 Å². The third-order valence-corrected chi connectivity index (χ3v) is 9.40. The van der Waals surface area contributed by atoms with E-state index in [1.807, 2.05) is 4.90 Å². The summed E-state index contributed by atoms with van der Waals surface area (Å²) in [6.07, 6.45) is 3.65. The van der Waals surface area contributed by atoms with E-state index in [1.165, 1.54) is 28.6 Å². The zero-order chi connectivity index (χ0) is 27.6. The molecule has 11 heteroatoms. The van der Waals surface area contributed by atoms with Crippen LogP contribution in [0.2, 0.25) is 0 Å². The number of aromatic nitrogens is 1. The molecule has 5 rings (SSSR count). The smallest absolute Gasteiger partial charge is 0.248 e. The number of hydrogen-bond acceptors (Lipinski definition) is 6. The van der Waals surface area contributed by atoms with Gasteiger partial charge in [0, 0.05) is 50.7 Å². The summed E-state index contributed by atoms with van der Waals surface area (Å²) >= 11 is 0. The standard InChI is InChI=1S/C28H30F2N4O4S/c1-20-27(26(38-31-20)11-10-21-6-2-3-7-23(21)29)39(36,37)34-14-12-22(13-15-34)28(35)33-18-16-32(17-19-33)25-9-5-4-8-24(25)30/h2-11,22H,12-19H2,1H3/b11-10+. The molecule has 0 aliphatic carbocycles. The molecular weight excluding hydrogens is 526 g/mol. The third-order valence-electron chi connectivity index (χ3n) is 7.34. The minimum atomic E-state index is -3.95. The zero-order valence-electron chi connectivity index (χ0n) is 21.6. The van der Waals surface area contributed by atoms with Gasteiger partial charge in [0.2, 0.25) is 15.9 Å². The van der Waals surface area contributed by atoms with Crippen LogP contribution in [-0.4, -0.2) is 68.0 Å². The van der Waals surface area contributed by atoms with E-state index in [0.717, 1.165) is 0 Å². The van der Waals surface area contributed by atoms with Crippen LogP contribution in [0.25, 0.3) is 12.2 Å². The molecule has 2 saturated heterocycles. The fourth-order valence-corrected chi connectivity index (χ4v) is 6.90. The number of halogens is 2. The van der Waals surface area contributed by atoms with Crippen molar-refractivity contribution in [3.63, 3.8) is 0 Å². The first-order valence-corrected chi connectivity index (χ1v) is 14.4. The molecule has 2 aliphatic rings. The van der Waals surface area contributed by atoms with Gasteiger partial charge in [-0.1, -0.05) is 35.5 Å². The highest BCUT2D eigenvalue weighted by atomic mass is 32.2. The topological polar surface area (TPSA) is 87.0 Å². The number of nitrogens with zero attached hydrogens (tertiary/aromatic N) is 4. The summed E-state index contributed by atoms with van der Waals surface area (Å²) in [6, 6.07) is 12.8. The van der Waals surface area contributed by atoms with Gasteiger partial charge >= 0.3 is 0 Å². The summed E-state index contributed by atoms with van der Waals surface area (Å²) in [4.78, 5) is 16.9. The maximum atomic E-state index is 14.1. The zero-order valence-corrected chi connectivity index (χ0v) is 22.4. The lowest BCUT2D eigenvalue weighted by Crippen LogP contribution is -2.52. The third kappa shape index (κ3) is 5.60. The Morgan fingerprint density at radius 3 is 2.23 bits per heavy atom. The Bertz CT molecular complexity index is 1470. The molecule has 8 nitrogen and oxygen atoms in total. The Balaban J connectivity index is 1.21. The van der Waals surface area contributed by atoms with Gasteiger partial charge in [0.25, 0.3) is 0 Å². The van der Waals surface area contributed by atoms with Gasteiger partial charge in [-0.05, 0) is 50.1 Å². The van der Waals surface area contributed by atoms with Gasteiger partial charge in [0.05, 0.1) is 5.69 Å². The van der Waals surface area contributed by atoms with E-state index in [2.05, 4.69) is 5.16 Å². The number of sulfonamides is 1. The van der Waals surface area contributed by atoms with E-state index in [-0.39, 0.29) is 47.1 Å². The van der Waals surface area contributed by atoms with Gasteiger partial charge in [-0.2, -0.15) is 4.31 Å². The first kappa shape index (κ1) is 27.0. The Hall–Kier alpha value is -3.57. The number of benzene rings is 2. The van der Waals surface area contributed by atoms with Gasteiger partial charge in [0.1, 0.15) is 17.3 Å². The highest BCUT2D eigenvalue weighted by molar-refractivity contribution is 7.89. The number of para-hydroxylation sites is 1. The molecule has 0 radical (unpaired) electrons. The lowest BCUT2D eigenvalue weighted by molar-refractivity contribution is -0.137. The fraction of sp³-hybridized carbons (Fsp3) is 0.357. The van der Waals surface area contributed by atoms with Crippen molar-refractivity contribution in [1.82, 2.24) is 14.4 Å². The van der Waals surface area contributed by atoms with Crippen LogP contribution in [0.3, 0.4) is 0 Å². The summed E-state index contributed by atoms with van der Waals surface area (Å²) in [5.41, 5.74) is 1.05. The maximum absolute atomic E-state index is 14.1. The van der Waals surface area contributed by atoms with Crippen molar-refractivity contribution < 1.29 is 26.5 Å². The molecule has 0 N–H and O–H groups in total. The van der Waals surface area contributed by atoms with Crippen molar-refractivity contribution in [2.24, 2.45) is 5.92 Å². The first-order valence-electron chi connectivity index (χ1n) is 12.9. The van der Waals surface area contributed by atoms with E-state index >= 15 is 0 Å². The van der Waals surface area contributed by atoms with E-state index in [4.69, 9.17) is 4.52 Å². The second-order valence-corrected chi connectivity index (χ2v) is 11.6. The molecule has 1 amide bonds. The quantitative estimate of drug-likeness (QED) is 0.453. The summed E-state index contributed by atoms with van der Waals surface area (Å²) in [6.45, 7) is 3.98. The lowest BCUT2D eigenvalue weighted by atomic mass is 9.96. The van der Waals surface area contributed by atoms with Crippen molar-refractivity contribution in [2.45, 2.75) is 24.7 Å². The monoisotopic (exact) mass is 556 g/mol. The Morgan fingerprint density at radius 2 is 1.56 bits per heavy atom. The minimum Gasteiger partial charge on any atom is -0.366 e. The number of aryl methyl sites for hydroxylation is 1. The predicted octanol–water partition coefficient (Wildman–Crippen LogP) is 4.18. The predicted molar refractivity (Wildman–Crippen MR) is 143 cm³/mol. The molecule has 39 heavy (non-hydrogen) atoms. The molecule has 2 aliphatic heterocycles. The molecule has 0 saturated carbocycles. The SMILES string of the molecule is Cc1noc(/C=C/c2ccccc2F)c1S(=O)(=O)N1CCC(C(=O)N2CCN(c3ccccc3F)CC2)CC1. The van der Waals surface area contributed by atoms with Gasteiger partial charge in [-0.25, -0.2) is 17.2 Å². The first-order chi connectivity index (χ1) is 18.8. The Labute approximate surface area is 226 Å². The van der Waals surface area contributed by atoms with Crippen molar-refractivity contribution in [2.75, 3.05) is 44.2 Å². The van der Waals surface area contributed by atoms with Gasteiger partial charge in [-0.3, -0.25) is 4.79 Å². The van der Waals surface area contributed by atoms with Crippen LogP contribution in [-0.2, 0) is 14.8 Å². The molecular formula is C28H30F2N4O4S. The molecule has 0 unspecified atom stereocenters. The van der Waals surface area contributed by atoms with E-state index < -0.39 is 15.8 Å². The maximum Gasteiger partial charge on any atom is 0.248 e. The molecule has 3 heterocycles. The van der Waals surface area contributed by atoms with E-state index in [9.17, 15) is 22.0 Å². The van der Waals surface area contributed by atoms with Crippen LogP contribution in [0.4, 0.5) is 14.5 Å². The molecule has 2 aromatic carbocycles. The fourth-order valence-electron chi connectivity index (χ4n) is 5.18. The average Bonchev–Trinajstić information content (AvgIpc) is 3.33. The van der Waals surface area contributed by atoms with E-state index in [1.54, 1.807) is 48.2 Å². The van der Waals surface area contributed by atoms with Crippen molar-refractivity contribution in [3.8, 4) is 0 Å². The number of amides is 1. The van der Waals surface area contributed by atoms with Gasteiger partial charge < -0.3 is 14.3 Å². The Morgan fingerprint density at radius 1 is 0.923 bits per heavy atom. The second-order valence-electron chi connectivity index (χ2n) is 9.76. The lowest BCUT2D eigenvalue weighted by Gasteiger charge is -2.39. The summed E-state index contributed by atoms with van der Waals surface area (Å²) < 4.78 is 61.8. The molecule has 0 spiro atoms. The molecule has 2 fully saturated rings. The summed E-state index contributed by atoms with van der Waals surface area (Å²) in [5, 5.41) is 3.84. The van der Waals surface area contributed by atoms with Crippen LogP contribution in [0, 0.1) is 24.5 Å². The molecule has 206 valence electrons. The molecule has 0 atom stereocenters. The summed E-state index contributed by atoms with van der Waals surface area (Å²) in [7, 11) is -3.95. The van der Waals surface area contributed by atoms with Crippen LogP contribution < -0.4 is 4.90 Å². The number of hydrogen-bond donors (Lipinski definition) is 0. The van der Waals surface area contributed by atoms with Gasteiger partial charge in [-0.15, -0.1) is 0 Å². The van der Waals surface area contributed by atoms with Gasteiger partial charge in [0.15, 0.2) is 10.7 Å². The molecule has 0 bridgehead atoms. The van der Waals surface area contributed by atoms with Crippen LogP contribution >= 0.6 is 0 Å². The highest BCUT2D eigenvalue weighted by Gasteiger charge is 2.37. The summed E-state index contributed by atoms with van der Waals surface area (Å²) in [5.74, 6) is -0.952. The number of rotatable bonds is 6. The normalized spacial score (nSPS) is 17.7. The molecule has 1 aromatic heterocycles. The molecule has 3 aromatic rings. The van der Waals surface area contributed by atoms with Crippen molar-refractivity contribution in [1.29, 1.82) is 0 Å². The van der Waals surface area contributed by atoms with Crippen LogP contribution in [0.5, 0.6) is 0 Å². The highest BCUT2D eigenvalue weighted by Crippen LogP contribution is 2.30. The van der Waals surface area contributed by atoms with Crippen LogP contribution in [0.1, 0.15) is 29.9 Å². The second kappa shape index (κ2) is 11.3. The largest absolute Gasteiger partial charge is 0.366 e. The van der Waals surface area contributed by atoms with E-state index in [0.29, 0.717) is 50.3 Å². The number of piperazine rings is 1. The van der Waals surface area contributed by atoms with Crippen molar-refractivity contribution >= 4 is 33.8 Å². The number of carbonyl (C=O) groups excluding carboxylic acids is 1.